The van der Waals surface area contributed by atoms with Crippen molar-refractivity contribution in [3.63, 3.8) is 0 Å². The Morgan fingerprint density at radius 2 is 2.11 bits per heavy atom. The van der Waals surface area contributed by atoms with Gasteiger partial charge in [0.05, 0.1) is 42.6 Å². The van der Waals surface area contributed by atoms with Gasteiger partial charge < -0.3 is 19.9 Å². The van der Waals surface area contributed by atoms with Gasteiger partial charge in [0, 0.05) is 13.5 Å². The number of aliphatic imine (C=N–C) groups is 1. The van der Waals surface area contributed by atoms with Crippen molar-refractivity contribution in [3.05, 3.63) is 23.2 Å². The molecule has 35 heavy (non-hydrogen) atoms. The van der Waals surface area contributed by atoms with Crippen molar-refractivity contribution < 1.29 is 33.0 Å². The Balaban J connectivity index is 1.54. The highest BCUT2D eigenvalue weighted by Gasteiger charge is 2.30. The third-order valence-corrected chi connectivity index (χ3v) is 6.18. The van der Waals surface area contributed by atoms with Crippen molar-refractivity contribution in [1.82, 2.24) is 20.3 Å². The summed E-state index contributed by atoms with van der Waals surface area (Å²) in [7, 11) is 1.70. The van der Waals surface area contributed by atoms with Crippen LogP contribution < -0.4 is 5.32 Å². The number of amides is 1. The lowest BCUT2D eigenvalue weighted by atomic mass is 9.87. The summed E-state index contributed by atoms with van der Waals surface area (Å²) in [5, 5.41) is 20.2. The molecule has 2 heterocycles. The Kier molecular flexibility index (Phi) is 8.79. The van der Waals surface area contributed by atoms with Crippen molar-refractivity contribution in [1.29, 1.82) is 0 Å². The summed E-state index contributed by atoms with van der Waals surface area (Å²) >= 11 is 0. The Morgan fingerprint density at radius 1 is 1.34 bits per heavy atom. The van der Waals surface area contributed by atoms with Crippen LogP contribution in [-0.4, -0.2) is 56.5 Å². The lowest BCUT2D eigenvalue weighted by Gasteiger charge is -2.29. The summed E-state index contributed by atoms with van der Waals surface area (Å²) in [6.45, 7) is 2.66. The van der Waals surface area contributed by atoms with Gasteiger partial charge in [-0.1, -0.05) is 5.21 Å². The molecule has 10 nitrogen and oxygen atoms in total. The van der Waals surface area contributed by atoms with Gasteiger partial charge in [0.2, 0.25) is 5.92 Å². The van der Waals surface area contributed by atoms with Crippen LogP contribution in [0.2, 0.25) is 0 Å². The zero-order valence-corrected chi connectivity index (χ0v) is 20.3. The first-order chi connectivity index (χ1) is 16.5. The van der Waals surface area contributed by atoms with Gasteiger partial charge in [-0.25, -0.2) is 13.6 Å². The summed E-state index contributed by atoms with van der Waals surface area (Å²) in [6, 6.07) is -0.311. The van der Waals surface area contributed by atoms with Crippen LogP contribution in [0, 0.1) is 5.92 Å². The van der Waals surface area contributed by atoms with Crippen molar-refractivity contribution in [2.75, 3.05) is 6.61 Å². The number of nitrogens with zero attached hydrogens (tertiary/aromatic N) is 4. The summed E-state index contributed by atoms with van der Waals surface area (Å²) in [6.07, 6.45) is 4.10. The van der Waals surface area contributed by atoms with Gasteiger partial charge >= 0.3 is 12.1 Å². The monoisotopic (exact) mass is 497 g/mol. The largest absolute Gasteiger partial charge is 0.489 e. The summed E-state index contributed by atoms with van der Waals surface area (Å²) in [5.41, 5.74) is 1.95. The Labute approximate surface area is 202 Å². The number of carbonyl (C=O) groups excluding carboxylic acids is 1. The molecule has 2 N–H and O–H groups in total. The quantitative estimate of drug-likeness (QED) is 0.469. The summed E-state index contributed by atoms with van der Waals surface area (Å²) in [4.78, 5) is 28.0. The minimum atomic E-state index is -2.79. The molecule has 0 saturated heterocycles. The highest BCUT2D eigenvalue weighted by molar-refractivity contribution is 5.97. The predicted molar refractivity (Wildman–Crippen MR) is 122 cm³/mol. The molecule has 194 valence electrons. The first kappa shape index (κ1) is 26.6. The summed E-state index contributed by atoms with van der Waals surface area (Å²) in [5.74, 6) is -3.29. The molecule has 1 fully saturated rings. The number of carbonyl (C=O) groups is 2. The molecule has 1 aliphatic heterocycles. The van der Waals surface area contributed by atoms with Crippen LogP contribution in [0.25, 0.3) is 0 Å². The maximum absolute atomic E-state index is 12.8. The van der Waals surface area contributed by atoms with Crippen LogP contribution in [0.4, 0.5) is 13.6 Å². The SMILES string of the molecule is CC1=NC(c2nnn(C)c2CNC(=O)OCCCC(C)(F)F)CC=C1O[C@H]1CCC[C@H](C(=O)O)C1. The fourth-order valence-corrected chi connectivity index (χ4v) is 4.29. The van der Waals surface area contributed by atoms with E-state index in [-0.39, 0.29) is 44.1 Å². The number of nitrogens with one attached hydrogen (secondary N) is 1. The van der Waals surface area contributed by atoms with Gasteiger partial charge in [-0.15, -0.1) is 5.10 Å². The fourth-order valence-electron chi connectivity index (χ4n) is 4.29. The van der Waals surface area contributed by atoms with Crippen LogP contribution in [0.5, 0.6) is 0 Å². The third kappa shape index (κ3) is 7.72. The van der Waals surface area contributed by atoms with Crippen molar-refractivity contribution in [2.45, 2.75) is 83.4 Å². The molecule has 0 spiro atoms. The highest BCUT2D eigenvalue weighted by Crippen LogP contribution is 2.32. The standard InChI is InChI=1S/C23H33F2N5O5/c1-14-19(35-16-7-4-6-15(12-16)21(31)32)9-8-17(27-14)20-18(30(3)29-28-20)13-26-22(33)34-11-5-10-23(2,24)25/h9,15-17H,4-8,10-13H2,1-3H3,(H,26,33)(H,31,32)/t15-,16-,17?/m0/s1. The van der Waals surface area contributed by atoms with Gasteiger partial charge in [0.1, 0.15) is 11.5 Å². The number of allylic oxidation sites excluding steroid dienone is 1. The number of alkyl halides is 2. The van der Waals surface area contributed by atoms with E-state index < -0.39 is 18.0 Å². The van der Waals surface area contributed by atoms with E-state index in [0.29, 0.717) is 42.1 Å². The smallest absolute Gasteiger partial charge is 0.407 e. The Hall–Kier alpha value is -3.05. The second-order valence-corrected chi connectivity index (χ2v) is 9.18. The highest BCUT2D eigenvalue weighted by atomic mass is 19.3. The van der Waals surface area contributed by atoms with Gasteiger partial charge in [-0.2, -0.15) is 0 Å². The van der Waals surface area contributed by atoms with E-state index in [0.717, 1.165) is 19.8 Å². The number of halogens is 2. The second kappa shape index (κ2) is 11.6. The molecule has 1 aliphatic carbocycles. The molecule has 3 atom stereocenters. The van der Waals surface area contributed by atoms with Crippen LogP contribution in [0.15, 0.2) is 16.8 Å². The number of alkyl carbamates (subject to hydrolysis) is 1. The average Bonchev–Trinajstić information content (AvgIpc) is 3.16. The Morgan fingerprint density at radius 3 is 2.80 bits per heavy atom. The molecular formula is C23H33F2N5O5. The van der Waals surface area contributed by atoms with Crippen LogP contribution in [-0.2, 0) is 27.9 Å². The first-order valence-electron chi connectivity index (χ1n) is 11.8. The average molecular weight is 498 g/mol. The minimum absolute atomic E-state index is 0.0695. The molecule has 0 radical (unpaired) electrons. The normalized spacial score (nSPS) is 22.7. The van der Waals surface area contributed by atoms with Crippen molar-refractivity contribution in [2.24, 2.45) is 18.0 Å². The van der Waals surface area contributed by atoms with E-state index >= 15 is 0 Å². The predicted octanol–water partition coefficient (Wildman–Crippen LogP) is 3.93. The number of dihydropyridines is 1. The maximum atomic E-state index is 12.8. The second-order valence-electron chi connectivity index (χ2n) is 9.18. The van der Waals surface area contributed by atoms with E-state index in [1.807, 2.05) is 13.0 Å². The first-order valence-corrected chi connectivity index (χ1v) is 11.8. The molecular weight excluding hydrogens is 464 g/mol. The topological polar surface area (TPSA) is 128 Å². The number of ether oxygens (including phenoxy) is 2. The number of aryl methyl sites for hydroxylation is 1. The van der Waals surface area contributed by atoms with Gasteiger partial charge in [0.15, 0.2) is 0 Å². The zero-order valence-electron chi connectivity index (χ0n) is 20.3. The molecule has 0 bridgehead atoms. The number of hydrogen-bond acceptors (Lipinski definition) is 7. The van der Waals surface area contributed by atoms with Crippen LogP contribution >= 0.6 is 0 Å². The van der Waals surface area contributed by atoms with Crippen molar-refractivity contribution in [3.8, 4) is 0 Å². The van der Waals surface area contributed by atoms with Gasteiger partial charge in [-0.05, 0) is 58.4 Å². The van der Waals surface area contributed by atoms with E-state index in [9.17, 15) is 23.5 Å². The van der Waals surface area contributed by atoms with Crippen LogP contribution in [0.3, 0.4) is 0 Å². The third-order valence-electron chi connectivity index (χ3n) is 6.18. The molecule has 1 saturated carbocycles. The van der Waals surface area contributed by atoms with E-state index in [1.54, 1.807) is 11.7 Å². The lowest BCUT2D eigenvalue weighted by molar-refractivity contribution is -0.144. The molecule has 2 aliphatic rings. The Bertz CT molecular complexity index is 972. The number of aromatic nitrogens is 3. The number of hydrogen-bond donors (Lipinski definition) is 2. The maximum Gasteiger partial charge on any atom is 0.407 e. The zero-order chi connectivity index (χ0) is 25.6. The van der Waals surface area contributed by atoms with E-state index in [2.05, 4.69) is 15.6 Å². The van der Waals surface area contributed by atoms with Gasteiger partial charge in [0.25, 0.3) is 0 Å². The summed E-state index contributed by atoms with van der Waals surface area (Å²) < 4.78 is 38.3. The number of carboxylic acid groups (broad SMARTS) is 1. The van der Waals surface area contributed by atoms with Crippen LogP contribution in [0.1, 0.15) is 76.2 Å². The number of aliphatic carboxylic acids is 1. The molecule has 1 unspecified atom stereocenters. The van der Waals surface area contributed by atoms with E-state index in [4.69, 9.17) is 14.5 Å². The molecule has 3 rings (SSSR count). The molecule has 1 aromatic heterocycles. The van der Waals surface area contributed by atoms with Gasteiger partial charge in [-0.3, -0.25) is 14.5 Å². The van der Waals surface area contributed by atoms with E-state index in [1.165, 1.54) is 0 Å². The fraction of sp³-hybridized carbons (Fsp3) is 0.696. The minimum Gasteiger partial charge on any atom is -0.489 e. The lowest BCUT2D eigenvalue weighted by Crippen LogP contribution is -2.29. The van der Waals surface area contributed by atoms with Crippen molar-refractivity contribution >= 4 is 17.8 Å². The number of carboxylic acids is 1. The molecule has 12 heteroatoms. The molecule has 1 aromatic rings. The molecule has 1 amide bonds. The molecule has 0 aromatic carbocycles. The number of rotatable bonds is 10.